The van der Waals surface area contributed by atoms with E-state index in [9.17, 15) is 57.9 Å². The van der Waals surface area contributed by atoms with Crippen molar-refractivity contribution in [3.63, 3.8) is 0 Å². The number of anilines is 1. The second kappa shape index (κ2) is 23.1. The predicted octanol–water partition coefficient (Wildman–Crippen LogP) is 1.81. The number of aliphatic hydroxyl groups excluding tert-OH is 2. The van der Waals surface area contributed by atoms with Gasteiger partial charge in [0, 0.05) is 37.1 Å². The molecule has 3 heterocycles. The maximum Gasteiger partial charge on any atom is 0.481 e. The number of unbranched alkanes of at least 4 members (excludes halogenated alkanes) is 6. The molecule has 1 aliphatic heterocycles. The minimum absolute atomic E-state index is 0.0329. The number of imidazole rings is 1. The third-order valence-electron chi connectivity index (χ3n) is 8.75. The van der Waals surface area contributed by atoms with E-state index in [1.54, 1.807) is 0 Å². The Labute approximate surface area is 344 Å². The average molecular weight is 922 g/mol. The molecule has 0 bridgehead atoms. The van der Waals surface area contributed by atoms with E-state index in [0.29, 0.717) is 12.2 Å². The Hall–Kier alpha value is -2.44. The molecule has 2 aromatic rings. The highest BCUT2D eigenvalue weighted by Gasteiger charge is 2.50. The van der Waals surface area contributed by atoms with E-state index >= 15 is 0 Å². The minimum Gasteiger partial charge on any atom is -0.386 e. The van der Waals surface area contributed by atoms with Crippen molar-refractivity contribution in [1.29, 1.82) is 0 Å². The van der Waals surface area contributed by atoms with Crippen molar-refractivity contribution in [2.75, 3.05) is 37.8 Å². The zero-order valence-electron chi connectivity index (χ0n) is 32.7. The van der Waals surface area contributed by atoms with Crippen LogP contribution in [0.3, 0.4) is 0 Å². The second-order valence-corrected chi connectivity index (χ2v) is 19.5. The predicted molar refractivity (Wildman–Crippen MR) is 210 cm³/mol. The Morgan fingerprint density at radius 2 is 1.63 bits per heavy atom. The number of hydrogen-bond acceptors (Lipinski definition) is 18. The van der Waals surface area contributed by atoms with Gasteiger partial charge in [-0.3, -0.25) is 32.5 Å². The number of phosphoric ester groups is 3. The largest absolute Gasteiger partial charge is 0.481 e. The van der Waals surface area contributed by atoms with Gasteiger partial charge in [0.15, 0.2) is 22.8 Å². The smallest absolute Gasteiger partial charge is 0.386 e. The van der Waals surface area contributed by atoms with Crippen molar-refractivity contribution >= 4 is 69.1 Å². The molecule has 2 aromatic heterocycles. The topological polar surface area (TPSA) is 364 Å². The lowest BCUT2D eigenvalue weighted by Gasteiger charge is -2.30. The summed E-state index contributed by atoms with van der Waals surface area (Å²) in [6, 6.07) is 0. The van der Waals surface area contributed by atoms with E-state index in [4.69, 9.17) is 19.5 Å². The van der Waals surface area contributed by atoms with Crippen LogP contribution in [0.1, 0.15) is 84.8 Å². The van der Waals surface area contributed by atoms with Gasteiger partial charge in [-0.05, 0) is 6.42 Å². The molecule has 28 heteroatoms. The number of nitrogens with two attached hydrogens (primary N) is 1. The number of aromatic nitrogens is 4. The highest BCUT2D eigenvalue weighted by atomic mass is 32.2. The van der Waals surface area contributed by atoms with E-state index in [-0.39, 0.29) is 41.6 Å². The first-order valence-electron chi connectivity index (χ1n) is 18.6. The summed E-state index contributed by atoms with van der Waals surface area (Å²) >= 11 is 1.14. The van der Waals surface area contributed by atoms with Crippen molar-refractivity contribution < 1.29 is 80.5 Å². The zero-order valence-corrected chi connectivity index (χ0v) is 36.2. The van der Waals surface area contributed by atoms with Crippen LogP contribution in [0.15, 0.2) is 12.7 Å². The molecule has 0 aliphatic carbocycles. The van der Waals surface area contributed by atoms with Crippen molar-refractivity contribution in [2.45, 2.75) is 109 Å². The van der Waals surface area contributed by atoms with Gasteiger partial charge in [-0.2, -0.15) is 4.31 Å². The fourth-order valence-corrected chi connectivity index (χ4v) is 9.14. The molecule has 0 spiro atoms. The summed E-state index contributed by atoms with van der Waals surface area (Å²) in [6.07, 6.45) is 1.35. The monoisotopic (exact) mass is 921 g/mol. The lowest BCUT2D eigenvalue weighted by molar-refractivity contribution is -0.137. The van der Waals surface area contributed by atoms with Crippen LogP contribution in [-0.4, -0.2) is 123 Å². The standard InChI is InChI=1S/C31H54N7O17P3S/c1-4-5-6-7-8-9-10-11-22(40)59-15-14-33-21(39)12-13-34-29(43)26(42)31(2,3)17-52-58(49,50)55-57(47,48)51-16-20-25(54-56(44,45)46)24(41)30(53-20)38-19-37-23-27(32)35-18-36-28(23)38/h18-20,24-26,30,41-42H,4-17H2,1-3H3,(H,33,39)(H,34,43)(H,47,48)(H,49,50)(H2,32,35,36)(H2,44,45,46)/t20-,24?,25?,26+,30-/m1/s1. The Bertz CT molecular complexity index is 1850. The lowest BCUT2D eigenvalue weighted by Crippen LogP contribution is -2.46. The van der Waals surface area contributed by atoms with Gasteiger partial charge in [0.25, 0.3) is 0 Å². The first-order chi connectivity index (χ1) is 27.6. The van der Waals surface area contributed by atoms with E-state index < -0.39 is 84.6 Å². The van der Waals surface area contributed by atoms with Gasteiger partial charge in [0.05, 0.1) is 19.5 Å². The number of ether oxygens (including phenoxy) is 1. The molecule has 10 N–H and O–H groups in total. The summed E-state index contributed by atoms with van der Waals surface area (Å²) in [5, 5.41) is 26.5. The lowest BCUT2D eigenvalue weighted by atomic mass is 9.87. The van der Waals surface area contributed by atoms with Crippen LogP contribution in [0, 0.1) is 5.41 Å². The maximum absolute atomic E-state index is 12.7. The molecule has 0 aromatic carbocycles. The number of fused-ring (bicyclic) bond motifs is 1. The van der Waals surface area contributed by atoms with Crippen molar-refractivity contribution in [1.82, 2.24) is 30.2 Å². The van der Waals surface area contributed by atoms with Gasteiger partial charge in [-0.1, -0.05) is 71.1 Å². The van der Waals surface area contributed by atoms with Crippen LogP contribution in [0.25, 0.3) is 11.2 Å². The Balaban J connectivity index is 1.42. The fourth-order valence-electron chi connectivity index (χ4n) is 5.59. The Kier molecular flexibility index (Phi) is 20.0. The van der Waals surface area contributed by atoms with E-state index in [1.807, 2.05) is 0 Å². The Morgan fingerprint density at radius 3 is 2.31 bits per heavy atom. The van der Waals surface area contributed by atoms with Crippen molar-refractivity contribution in [3.05, 3.63) is 12.7 Å². The van der Waals surface area contributed by atoms with Crippen molar-refractivity contribution in [3.8, 4) is 0 Å². The molecule has 24 nitrogen and oxygen atoms in total. The number of nitrogen functional groups attached to an aromatic ring is 1. The zero-order chi connectivity index (χ0) is 44.0. The first-order valence-corrected chi connectivity index (χ1v) is 24.1. The summed E-state index contributed by atoms with van der Waals surface area (Å²) in [5.41, 5.74) is 4.28. The molecule has 1 saturated heterocycles. The van der Waals surface area contributed by atoms with Gasteiger partial charge in [0.2, 0.25) is 11.8 Å². The van der Waals surface area contributed by atoms with Crippen LogP contribution in [0.5, 0.6) is 0 Å². The van der Waals surface area contributed by atoms with Crippen LogP contribution >= 0.6 is 35.2 Å². The highest BCUT2D eigenvalue weighted by molar-refractivity contribution is 8.13. The summed E-state index contributed by atoms with van der Waals surface area (Å²) < 4.78 is 62.2. The molecular weight excluding hydrogens is 867 g/mol. The molecule has 2 amide bonds. The minimum atomic E-state index is -5.57. The third kappa shape index (κ3) is 17.1. The molecule has 1 fully saturated rings. The molecule has 7 atom stereocenters. The average Bonchev–Trinajstić information content (AvgIpc) is 3.71. The molecule has 0 saturated carbocycles. The third-order valence-corrected chi connectivity index (χ3v) is 12.8. The maximum atomic E-state index is 12.7. The number of aliphatic hydroxyl groups is 2. The van der Waals surface area contributed by atoms with Crippen LogP contribution in [0.4, 0.5) is 5.82 Å². The molecule has 336 valence electrons. The highest BCUT2D eigenvalue weighted by Crippen LogP contribution is 2.61. The number of nitrogens with one attached hydrogen (secondary N) is 2. The van der Waals surface area contributed by atoms with Crippen LogP contribution in [0.2, 0.25) is 0 Å². The number of phosphoric acid groups is 3. The summed E-state index contributed by atoms with van der Waals surface area (Å²) in [4.78, 5) is 87.8. The second-order valence-electron chi connectivity index (χ2n) is 14.2. The number of carbonyl (C=O) groups excluding carboxylic acids is 3. The SMILES string of the molecule is CCCCCCCCCC(=O)SCCNC(=O)CCNC(=O)[C@H](O)C(C)(C)COP(=O)(O)OP(=O)(O)OC[C@H]1O[C@@H](n2cnc3c(N)ncnc32)C(O)C1OP(=O)(O)O. The number of nitrogens with zero attached hydrogens (tertiary/aromatic N) is 4. The van der Waals surface area contributed by atoms with Gasteiger partial charge in [-0.15, -0.1) is 0 Å². The number of hydrogen-bond donors (Lipinski definition) is 9. The Morgan fingerprint density at radius 1 is 0.966 bits per heavy atom. The van der Waals surface area contributed by atoms with E-state index in [2.05, 4.69) is 41.3 Å². The molecule has 0 radical (unpaired) electrons. The van der Waals surface area contributed by atoms with Gasteiger partial charge < -0.3 is 50.9 Å². The number of rotatable bonds is 27. The van der Waals surface area contributed by atoms with Gasteiger partial charge in [0.1, 0.15) is 36.3 Å². The molecule has 1 aliphatic rings. The van der Waals surface area contributed by atoms with Gasteiger partial charge >= 0.3 is 23.5 Å². The fraction of sp³-hybridized carbons (Fsp3) is 0.742. The van der Waals surface area contributed by atoms with Crippen molar-refractivity contribution in [2.24, 2.45) is 5.41 Å². The van der Waals surface area contributed by atoms with E-state index in [0.717, 1.165) is 48.2 Å². The molecule has 59 heavy (non-hydrogen) atoms. The van der Waals surface area contributed by atoms with Crippen LogP contribution < -0.4 is 16.4 Å². The van der Waals surface area contributed by atoms with E-state index in [1.165, 1.54) is 39.5 Å². The molecule has 4 unspecified atom stereocenters. The number of amides is 2. The number of thioether (sulfide) groups is 1. The molecule has 3 rings (SSSR count). The van der Waals surface area contributed by atoms with Gasteiger partial charge in [-0.25, -0.2) is 28.6 Å². The normalized spacial score (nSPS) is 21.2. The summed E-state index contributed by atoms with van der Waals surface area (Å²) in [7, 11) is -16.4. The summed E-state index contributed by atoms with van der Waals surface area (Å²) in [5.74, 6) is -1.03. The first kappa shape index (κ1) is 50.9. The quantitative estimate of drug-likeness (QED) is 0.0455. The summed E-state index contributed by atoms with van der Waals surface area (Å²) in [6.45, 7) is 2.73. The number of carbonyl (C=O) groups is 3. The molecular formula is C31H54N7O17P3S. The van der Waals surface area contributed by atoms with Crippen LogP contribution in [-0.2, 0) is 50.7 Å².